The minimum absolute atomic E-state index is 0.0759. The Bertz CT molecular complexity index is 899. The van der Waals surface area contributed by atoms with Gasteiger partial charge in [0.25, 0.3) is 5.91 Å². The van der Waals surface area contributed by atoms with Crippen molar-refractivity contribution in [3.8, 4) is 11.5 Å². The number of benzene rings is 1. The van der Waals surface area contributed by atoms with Crippen molar-refractivity contribution < 1.29 is 24.2 Å². The molecule has 1 fully saturated rings. The summed E-state index contributed by atoms with van der Waals surface area (Å²) >= 11 is 6.46. The van der Waals surface area contributed by atoms with Crippen LogP contribution in [0.2, 0.25) is 0 Å². The lowest BCUT2D eigenvalue weighted by Crippen LogP contribution is -2.47. The molecule has 2 rings (SSSR count). The highest BCUT2D eigenvalue weighted by molar-refractivity contribution is 8.26. The standard InChI is InChI=1S/C26H37NO5S2/c1-6-8-9-10-11-12-18(5)32-20-14-13-19(15-21(20)31-7-2)16-22-24(28)27(26(33)34-22)23(17(3)4)25(29)30/h13-18,23H,6-12H2,1-5H3,(H,29,30). The van der Waals surface area contributed by atoms with E-state index in [0.29, 0.717) is 23.0 Å². The van der Waals surface area contributed by atoms with E-state index < -0.39 is 12.0 Å². The van der Waals surface area contributed by atoms with Crippen molar-refractivity contribution >= 4 is 46.3 Å². The zero-order chi connectivity index (χ0) is 25.3. The van der Waals surface area contributed by atoms with Crippen molar-refractivity contribution in [3.63, 3.8) is 0 Å². The number of hydrogen-bond acceptors (Lipinski definition) is 6. The molecule has 1 saturated heterocycles. The average Bonchev–Trinajstić information content (AvgIpc) is 3.03. The van der Waals surface area contributed by atoms with Gasteiger partial charge in [0.2, 0.25) is 0 Å². The Morgan fingerprint density at radius 2 is 1.85 bits per heavy atom. The van der Waals surface area contributed by atoms with Crippen LogP contribution in [0.1, 0.15) is 78.7 Å². The van der Waals surface area contributed by atoms with Crippen LogP contribution in [-0.4, -0.2) is 45.0 Å². The molecule has 0 spiro atoms. The maximum atomic E-state index is 13.0. The highest BCUT2D eigenvalue weighted by Crippen LogP contribution is 2.37. The quantitative estimate of drug-likeness (QED) is 0.174. The summed E-state index contributed by atoms with van der Waals surface area (Å²) in [5.74, 6) is -0.416. The topological polar surface area (TPSA) is 76.1 Å². The van der Waals surface area contributed by atoms with E-state index >= 15 is 0 Å². The van der Waals surface area contributed by atoms with Crippen LogP contribution in [0.3, 0.4) is 0 Å². The fraction of sp³-hybridized carbons (Fsp3) is 0.577. The largest absolute Gasteiger partial charge is 0.490 e. The number of amides is 1. The van der Waals surface area contributed by atoms with Gasteiger partial charge in [-0.15, -0.1) is 0 Å². The summed E-state index contributed by atoms with van der Waals surface area (Å²) in [5, 5.41) is 9.59. The molecule has 0 saturated carbocycles. The molecule has 188 valence electrons. The Morgan fingerprint density at radius 1 is 1.15 bits per heavy atom. The molecule has 2 unspecified atom stereocenters. The van der Waals surface area contributed by atoms with Crippen molar-refractivity contribution in [2.24, 2.45) is 5.92 Å². The molecule has 1 aliphatic rings. The molecular weight excluding hydrogens is 470 g/mol. The maximum Gasteiger partial charge on any atom is 0.327 e. The second-order valence-electron chi connectivity index (χ2n) is 8.85. The fourth-order valence-electron chi connectivity index (χ4n) is 3.86. The van der Waals surface area contributed by atoms with Crippen LogP contribution in [0.25, 0.3) is 6.08 Å². The molecule has 1 aliphatic heterocycles. The van der Waals surface area contributed by atoms with Crippen LogP contribution in [0.15, 0.2) is 23.1 Å². The number of ether oxygens (including phenoxy) is 2. The normalized spacial score (nSPS) is 16.9. The molecular formula is C26H37NO5S2. The first-order chi connectivity index (χ1) is 16.2. The predicted molar refractivity (Wildman–Crippen MR) is 142 cm³/mol. The molecule has 1 heterocycles. The summed E-state index contributed by atoms with van der Waals surface area (Å²) in [7, 11) is 0. The van der Waals surface area contributed by atoms with Crippen LogP contribution in [-0.2, 0) is 9.59 Å². The molecule has 0 aromatic heterocycles. The van der Waals surface area contributed by atoms with Gasteiger partial charge >= 0.3 is 5.97 Å². The lowest BCUT2D eigenvalue weighted by molar-refractivity contribution is -0.146. The SMILES string of the molecule is CCCCCCCC(C)Oc1ccc(C=C2SC(=S)N(C(C(=O)O)C(C)C)C2=O)cc1OCC. The summed E-state index contributed by atoms with van der Waals surface area (Å²) in [6, 6.07) is 4.59. The highest BCUT2D eigenvalue weighted by Gasteiger charge is 2.41. The number of hydrogen-bond donors (Lipinski definition) is 1. The number of carbonyl (C=O) groups is 2. The van der Waals surface area contributed by atoms with Crippen molar-refractivity contribution in [1.82, 2.24) is 4.90 Å². The smallest absolute Gasteiger partial charge is 0.327 e. The summed E-state index contributed by atoms with van der Waals surface area (Å²) < 4.78 is 12.2. The number of nitrogens with zero attached hydrogens (tertiary/aromatic N) is 1. The van der Waals surface area contributed by atoms with E-state index in [9.17, 15) is 14.7 Å². The molecule has 1 amide bonds. The zero-order valence-corrected chi connectivity index (χ0v) is 22.5. The number of carboxylic acids is 1. The van der Waals surface area contributed by atoms with Gasteiger partial charge in [-0.1, -0.05) is 76.5 Å². The van der Waals surface area contributed by atoms with Crippen LogP contribution in [0.4, 0.5) is 0 Å². The second-order valence-corrected chi connectivity index (χ2v) is 10.5. The number of unbranched alkanes of at least 4 members (excludes halogenated alkanes) is 4. The monoisotopic (exact) mass is 507 g/mol. The van der Waals surface area contributed by atoms with Crippen LogP contribution in [0, 0.1) is 5.92 Å². The Morgan fingerprint density at radius 3 is 2.47 bits per heavy atom. The minimum Gasteiger partial charge on any atom is -0.490 e. The Hall–Kier alpha value is -2.06. The van der Waals surface area contributed by atoms with Gasteiger partial charge < -0.3 is 14.6 Å². The molecule has 0 radical (unpaired) electrons. The summed E-state index contributed by atoms with van der Waals surface area (Å²) in [6.45, 7) is 10.2. The third-order valence-corrected chi connectivity index (χ3v) is 6.92. The molecule has 2 atom stereocenters. The van der Waals surface area contributed by atoms with E-state index in [1.165, 1.54) is 30.6 Å². The first kappa shape index (κ1) is 28.2. The number of thioether (sulfide) groups is 1. The summed E-state index contributed by atoms with van der Waals surface area (Å²) in [6.07, 6.45) is 8.92. The zero-order valence-electron chi connectivity index (χ0n) is 20.8. The van der Waals surface area contributed by atoms with Crippen molar-refractivity contribution in [3.05, 3.63) is 28.7 Å². The highest BCUT2D eigenvalue weighted by atomic mass is 32.2. The predicted octanol–water partition coefficient (Wildman–Crippen LogP) is 6.52. The molecule has 0 bridgehead atoms. The van der Waals surface area contributed by atoms with Gasteiger partial charge in [0.15, 0.2) is 11.5 Å². The second kappa shape index (κ2) is 13.7. The van der Waals surface area contributed by atoms with Gasteiger partial charge in [-0.2, -0.15) is 0 Å². The molecule has 1 aromatic carbocycles. The van der Waals surface area contributed by atoms with E-state index in [1.807, 2.05) is 25.1 Å². The molecule has 34 heavy (non-hydrogen) atoms. The van der Waals surface area contributed by atoms with Crippen LogP contribution >= 0.6 is 24.0 Å². The summed E-state index contributed by atoms with van der Waals surface area (Å²) in [4.78, 5) is 26.3. The molecule has 1 N–H and O–H groups in total. The average molecular weight is 508 g/mol. The first-order valence-electron chi connectivity index (χ1n) is 12.1. The van der Waals surface area contributed by atoms with Gasteiger partial charge in [0.05, 0.1) is 17.6 Å². The van der Waals surface area contributed by atoms with E-state index in [2.05, 4.69) is 13.8 Å². The maximum absolute atomic E-state index is 13.0. The number of carboxylic acid groups (broad SMARTS) is 1. The number of thiocarbonyl (C=S) groups is 1. The van der Waals surface area contributed by atoms with Crippen molar-refractivity contribution in [2.75, 3.05) is 6.61 Å². The van der Waals surface area contributed by atoms with E-state index in [4.69, 9.17) is 21.7 Å². The number of aliphatic carboxylic acids is 1. The lowest BCUT2D eigenvalue weighted by Gasteiger charge is -2.26. The van der Waals surface area contributed by atoms with E-state index in [-0.39, 0.29) is 22.2 Å². The summed E-state index contributed by atoms with van der Waals surface area (Å²) in [5.41, 5.74) is 0.764. The number of carbonyl (C=O) groups excluding carboxylic acids is 1. The van der Waals surface area contributed by atoms with Gasteiger partial charge in [0, 0.05) is 0 Å². The minimum atomic E-state index is -1.06. The molecule has 8 heteroatoms. The van der Waals surface area contributed by atoms with E-state index in [1.54, 1.807) is 19.9 Å². The third kappa shape index (κ3) is 7.73. The molecule has 1 aromatic rings. The fourth-order valence-corrected chi connectivity index (χ4v) is 5.19. The lowest BCUT2D eigenvalue weighted by atomic mass is 10.0. The first-order valence-corrected chi connectivity index (χ1v) is 13.3. The van der Waals surface area contributed by atoms with Gasteiger partial charge in [0.1, 0.15) is 10.4 Å². The molecule has 6 nitrogen and oxygen atoms in total. The van der Waals surface area contributed by atoms with Crippen LogP contribution < -0.4 is 9.47 Å². The van der Waals surface area contributed by atoms with Gasteiger partial charge in [-0.05, 0) is 56.4 Å². The molecule has 0 aliphatic carbocycles. The van der Waals surface area contributed by atoms with Gasteiger partial charge in [-0.25, -0.2) is 4.79 Å². The Labute approximate surface area is 213 Å². The number of rotatable bonds is 14. The van der Waals surface area contributed by atoms with Gasteiger partial charge in [-0.3, -0.25) is 9.69 Å². The third-order valence-electron chi connectivity index (χ3n) is 5.59. The Balaban J connectivity index is 2.16. The van der Waals surface area contributed by atoms with Crippen molar-refractivity contribution in [2.45, 2.75) is 85.3 Å². The van der Waals surface area contributed by atoms with Crippen LogP contribution in [0.5, 0.6) is 11.5 Å². The van der Waals surface area contributed by atoms with E-state index in [0.717, 1.165) is 30.2 Å². The Kier molecular flexibility index (Phi) is 11.4. The van der Waals surface area contributed by atoms with Crippen molar-refractivity contribution in [1.29, 1.82) is 0 Å².